The number of fused-ring (bicyclic) bond motifs is 1. The minimum Gasteiger partial charge on any atom is -0.481 e. The first-order valence-electron chi connectivity index (χ1n) is 4.00. The molecule has 1 aromatic heterocycles. The highest BCUT2D eigenvalue weighted by Crippen LogP contribution is 2.18. The van der Waals surface area contributed by atoms with Gasteiger partial charge in [-0.05, 0) is 12.1 Å². The van der Waals surface area contributed by atoms with E-state index in [0.29, 0.717) is 11.0 Å². The van der Waals surface area contributed by atoms with Crippen molar-refractivity contribution < 1.29 is 14.3 Å². The molecule has 1 heterocycles. The zero-order chi connectivity index (χ0) is 10.1. The van der Waals surface area contributed by atoms with E-state index in [1.54, 1.807) is 0 Å². The fourth-order valence-corrected chi connectivity index (χ4v) is 1.36. The molecule has 4 nitrogen and oxygen atoms in total. The first kappa shape index (κ1) is 8.68. The molecule has 2 rings (SSSR count). The Kier molecular flexibility index (Phi) is 1.92. The van der Waals surface area contributed by atoms with Crippen LogP contribution in [-0.4, -0.2) is 21.0 Å². The van der Waals surface area contributed by atoms with E-state index in [4.69, 9.17) is 5.11 Å². The van der Waals surface area contributed by atoms with Crippen molar-refractivity contribution in [1.29, 1.82) is 0 Å². The average molecular weight is 194 g/mol. The van der Waals surface area contributed by atoms with Crippen molar-refractivity contribution in [2.75, 3.05) is 0 Å². The van der Waals surface area contributed by atoms with Crippen LogP contribution in [0.15, 0.2) is 18.5 Å². The van der Waals surface area contributed by atoms with Crippen molar-refractivity contribution in [3.8, 4) is 0 Å². The Morgan fingerprint density at radius 3 is 3.07 bits per heavy atom. The average Bonchev–Trinajstić information content (AvgIpc) is 2.57. The summed E-state index contributed by atoms with van der Waals surface area (Å²) in [5, 5.41) is 8.58. The molecule has 0 aliphatic carbocycles. The van der Waals surface area contributed by atoms with Gasteiger partial charge in [-0.1, -0.05) is 0 Å². The summed E-state index contributed by atoms with van der Waals surface area (Å²) in [5.41, 5.74) is 1.14. The monoisotopic (exact) mass is 194 g/mol. The maximum absolute atomic E-state index is 13.2. The van der Waals surface area contributed by atoms with E-state index in [1.807, 2.05) is 0 Å². The third kappa shape index (κ3) is 1.32. The molecule has 0 aliphatic heterocycles. The number of halogens is 1. The molecule has 0 fully saturated rings. The van der Waals surface area contributed by atoms with Crippen LogP contribution in [0.5, 0.6) is 0 Å². The van der Waals surface area contributed by atoms with E-state index < -0.39 is 11.8 Å². The van der Waals surface area contributed by atoms with E-state index in [1.165, 1.54) is 18.5 Å². The van der Waals surface area contributed by atoms with Gasteiger partial charge in [-0.2, -0.15) is 0 Å². The molecule has 0 atom stereocenters. The van der Waals surface area contributed by atoms with Gasteiger partial charge in [0.2, 0.25) is 0 Å². The quantitative estimate of drug-likeness (QED) is 0.757. The van der Waals surface area contributed by atoms with Crippen molar-refractivity contribution >= 4 is 17.0 Å². The smallest absolute Gasteiger partial charge is 0.308 e. The van der Waals surface area contributed by atoms with Gasteiger partial charge in [0.15, 0.2) is 0 Å². The van der Waals surface area contributed by atoms with Crippen molar-refractivity contribution in [2.24, 2.45) is 0 Å². The molecule has 1 aromatic carbocycles. The van der Waals surface area contributed by atoms with Crippen molar-refractivity contribution in [3.05, 3.63) is 29.8 Å². The molecule has 0 saturated carbocycles. The van der Waals surface area contributed by atoms with Crippen LogP contribution in [0.3, 0.4) is 0 Å². The highest BCUT2D eigenvalue weighted by Gasteiger charge is 2.12. The van der Waals surface area contributed by atoms with Crippen LogP contribution in [-0.2, 0) is 11.2 Å². The fraction of sp³-hybridized carbons (Fsp3) is 0.111. The molecule has 0 unspecified atom stereocenters. The number of aromatic amines is 1. The zero-order valence-corrected chi connectivity index (χ0v) is 7.12. The summed E-state index contributed by atoms with van der Waals surface area (Å²) < 4.78 is 13.2. The third-order valence-corrected chi connectivity index (χ3v) is 1.97. The van der Waals surface area contributed by atoms with Gasteiger partial charge in [0.1, 0.15) is 5.82 Å². The van der Waals surface area contributed by atoms with Crippen LogP contribution >= 0.6 is 0 Å². The molecule has 0 saturated heterocycles. The predicted molar refractivity (Wildman–Crippen MR) is 47.4 cm³/mol. The molecule has 0 aliphatic rings. The molecule has 0 bridgehead atoms. The van der Waals surface area contributed by atoms with E-state index in [2.05, 4.69) is 9.97 Å². The van der Waals surface area contributed by atoms with E-state index in [9.17, 15) is 9.18 Å². The first-order chi connectivity index (χ1) is 6.68. The maximum Gasteiger partial charge on any atom is 0.308 e. The van der Waals surface area contributed by atoms with Gasteiger partial charge in [-0.25, -0.2) is 9.37 Å². The summed E-state index contributed by atoms with van der Waals surface area (Å²) >= 11 is 0. The molecule has 0 radical (unpaired) electrons. The number of nitrogens with zero attached hydrogens (tertiary/aromatic N) is 1. The Morgan fingerprint density at radius 2 is 2.36 bits per heavy atom. The number of nitrogens with one attached hydrogen (secondary N) is 1. The lowest BCUT2D eigenvalue weighted by Crippen LogP contribution is -2.03. The first-order valence-corrected chi connectivity index (χ1v) is 4.00. The summed E-state index contributed by atoms with van der Waals surface area (Å²) in [5.74, 6) is -1.61. The topological polar surface area (TPSA) is 66.0 Å². The number of carboxylic acids is 1. The molecule has 72 valence electrons. The normalized spacial score (nSPS) is 10.6. The largest absolute Gasteiger partial charge is 0.481 e. The second-order valence-electron chi connectivity index (χ2n) is 2.90. The summed E-state index contributed by atoms with van der Waals surface area (Å²) in [6.45, 7) is 0. The number of H-pyrrole nitrogens is 1. The Bertz CT molecular complexity index is 493. The number of carboxylic acid groups (broad SMARTS) is 1. The van der Waals surface area contributed by atoms with Crippen LogP contribution < -0.4 is 0 Å². The van der Waals surface area contributed by atoms with Crippen LogP contribution in [0.25, 0.3) is 11.0 Å². The van der Waals surface area contributed by atoms with Crippen molar-refractivity contribution in [3.63, 3.8) is 0 Å². The Labute approximate surface area is 78.4 Å². The number of aromatic nitrogens is 2. The van der Waals surface area contributed by atoms with Crippen molar-refractivity contribution in [2.45, 2.75) is 6.42 Å². The number of hydrogen-bond donors (Lipinski definition) is 2. The molecule has 5 heteroatoms. The number of imidazole rings is 1. The Hall–Kier alpha value is -1.91. The number of benzene rings is 1. The second kappa shape index (κ2) is 3.10. The lowest BCUT2D eigenvalue weighted by Gasteiger charge is -2.00. The number of hydrogen-bond acceptors (Lipinski definition) is 2. The highest BCUT2D eigenvalue weighted by atomic mass is 19.1. The molecular formula is C9H7FN2O2. The molecule has 0 spiro atoms. The van der Waals surface area contributed by atoms with Gasteiger partial charge in [0, 0.05) is 5.56 Å². The van der Waals surface area contributed by atoms with Crippen LogP contribution in [0.4, 0.5) is 4.39 Å². The third-order valence-electron chi connectivity index (χ3n) is 1.97. The summed E-state index contributed by atoms with van der Waals surface area (Å²) in [4.78, 5) is 17.1. The summed E-state index contributed by atoms with van der Waals surface area (Å²) in [7, 11) is 0. The van der Waals surface area contributed by atoms with Crippen LogP contribution in [0, 0.1) is 5.82 Å². The lowest BCUT2D eigenvalue weighted by molar-refractivity contribution is -0.136. The molecule has 2 N–H and O–H groups in total. The predicted octanol–water partition coefficient (Wildman–Crippen LogP) is 1.33. The van der Waals surface area contributed by atoms with Gasteiger partial charge < -0.3 is 10.1 Å². The zero-order valence-electron chi connectivity index (χ0n) is 7.12. The van der Waals surface area contributed by atoms with Crippen molar-refractivity contribution in [1.82, 2.24) is 9.97 Å². The second-order valence-corrected chi connectivity index (χ2v) is 2.90. The minimum absolute atomic E-state index is 0.122. The van der Waals surface area contributed by atoms with Gasteiger partial charge in [0.25, 0.3) is 0 Å². The Balaban J connectivity index is 2.64. The number of rotatable bonds is 2. The lowest BCUT2D eigenvalue weighted by atomic mass is 10.1. The van der Waals surface area contributed by atoms with E-state index >= 15 is 0 Å². The number of aliphatic carboxylic acids is 1. The van der Waals surface area contributed by atoms with Crippen LogP contribution in [0.1, 0.15) is 5.56 Å². The highest BCUT2D eigenvalue weighted by molar-refractivity contribution is 5.83. The summed E-state index contributed by atoms with van der Waals surface area (Å²) in [6.07, 6.45) is 1.06. The van der Waals surface area contributed by atoms with Gasteiger partial charge >= 0.3 is 5.97 Å². The van der Waals surface area contributed by atoms with Gasteiger partial charge in [0.05, 0.1) is 23.8 Å². The Morgan fingerprint density at radius 1 is 1.57 bits per heavy atom. The molecule has 14 heavy (non-hydrogen) atoms. The maximum atomic E-state index is 13.2. The van der Waals surface area contributed by atoms with Gasteiger partial charge in [-0.3, -0.25) is 4.79 Å². The molecule has 0 amide bonds. The summed E-state index contributed by atoms with van der Waals surface area (Å²) in [6, 6.07) is 2.77. The van der Waals surface area contributed by atoms with E-state index in [0.717, 1.165) is 0 Å². The van der Waals surface area contributed by atoms with Crippen LogP contribution in [0.2, 0.25) is 0 Å². The number of carbonyl (C=O) groups is 1. The fourth-order valence-electron chi connectivity index (χ4n) is 1.36. The van der Waals surface area contributed by atoms with Gasteiger partial charge in [-0.15, -0.1) is 0 Å². The standard InChI is InChI=1S/C9H7FN2O2/c10-6-1-2-7-9(12-4-11-7)5(6)3-8(13)14/h1-2,4H,3H2,(H,11,12)(H,13,14). The van der Waals surface area contributed by atoms with E-state index in [-0.39, 0.29) is 12.0 Å². The molecule has 2 aromatic rings. The molecular weight excluding hydrogens is 187 g/mol. The minimum atomic E-state index is -1.07. The SMILES string of the molecule is O=C(O)Cc1c(F)ccc2[nH]cnc12.